The van der Waals surface area contributed by atoms with E-state index in [4.69, 9.17) is 28.2 Å². The summed E-state index contributed by atoms with van der Waals surface area (Å²) in [4.78, 5) is 5.80. The Labute approximate surface area is 178 Å². The second-order valence-electron chi connectivity index (χ2n) is 6.65. The van der Waals surface area contributed by atoms with E-state index in [-0.39, 0.29) is 0 Å². The van der Waals surface area contributed by atoms with Gasteiger partial charge in [0.1, 0.15) is 0 Å². The molecule has 0 atom stereocenters. The van der Waals surface area contributed by atoms with Gasteiger partial charge in [0.05, 0.1) is 16.4 Å². The average Bonchev–Trinajstić information content (AvgIpc) is 3.05. The minimum absolute atomic E-state index is 0.619. The van der Waals surface area contributed by atoms with Crippen LogP contribution in [0.5, 0.6) is 0 Å². The van der Waals surface area contributed by atoms with Crippen LogP contribution < -0.4 is 4.80 Å². The van der Waals surface area contributed by atoms with E-state index >= 15 is 0 Å². The SMILES string of the molecule is Cc1cccc(N=c2scc(-c3ccc(Cl)cc3Cl)n2-c2cccc(C)c2)c1. The third-order valence-electron chi connectivity index (χ3n) is 4.40. The molecule has 0 bridgehead atoms. The Morgan fingerprint density at radius 2 is 1.61 bits per heavy atom. The second-order valence-corrected chi connectivity index (χ2v) is 8.33. The highest BCUT2D eigenvalue weighted by Crippen LogP contribution is 2.32. The number of aromatic nitrogens is 1. The highest BCUT2D eigenvalue weighted by atomic mass is 35.5. The molecule has 0 amide bonds. The molecule has 5 heteroatoms. The Hall–Kier alpha value is -2.33. The number of hydrogen-bond donors (Lipinski definition) is 0. The quantitative estimate of drug-likeness (QED) is 0.326. The smallest absolute Gasteiger partial charge is 0.195 e. The van der Waals surface area contributed by atoms with Crippen molar-refractivity contribution in [2.45, 2.75) is 13.8 Å². The average molecular weight is 425 g/mol. The van der Waals surface area contributed by atoms with Crippen molar-refractivity contribution in [2.75, 3.05) is 0 Å². The largest absolute Gasteiger partial charge is 0.285 e. The summed E-state index contributed by atoms with van der Waals surface area (Å²) in [5.41, 5.74) is 6.26. The zero-order valence-corrected chi connectivity index (χ0v) is 17.8. The molecule has 0 fully saturated rings. The van der Waals surface area contributed by atoms with Gasteiger partial charge in [-0.05, 0) is 67.4 Å². The maximum atomic E-state index is 6.52. The highest BCUT2D eigenvalue weighted by molar-refractivity contribution is 7.07. The molecule has 4 rings (SSSR count). The van der Waals surface area contributed by atoms with Crippen LogP contribution >= 0.6 is 34.5 Å². The highest BCUT2D eigenvalue weighted by Gasteiger charge is 2.13. The molecule has 4 aromatic rings. The van der Waals surface area contributed by atoms with E-state index < -0.39 is 0 Å². The maximum Gasteiger partial charge on any atom is 0.195 e. The summed E-state index contributed by atoms with van der Waals surface area (Å²) in [6, 6.07) is 22.1. The third-order valence-corrected chi connectivity index (χ3v) is 5.78. The Bertz CT molecular complexity index is 1220. The molecule has 28 heavy (non-hydrogen) atoms. The summed E-state index contributed by atoms with van der Waals surface area (Å²) >= 11 is 14.2. The van der Waals surface area contributed by atoms with Gasteiger partial charge in [0.25, 0.3) is 0 Å². The van der Waals surface area contributed by atoms with Crippen LogP contribution in [-0.2, 0) is 0 Å². The molecule has 1 aromatic heterocycles. The molecule has 0 radical (unpaired) electrons. The number of rotatable bonds is 3. The lowest BCUT2D eigenvalue weighted by molar-refractivity contribution is 1.01. The van der Waals surface area contributed by atoms with Gasteiger partial charge in [-0.15, -0.1) is 11.3 Å². The van der Waals surface area contributed by atoms with E-state index in [1.165, 1.54) is 11.1 Å². The van der Waals surface area contributed by atoms with Crippen LogP contribution in [0.25, 0.3) is 16.9 Å². The lowest BCUT2D eigenvalue weighted by atomic mass is 10.1. The third kappa shape index (κ3) is 3.93. The summed E-state index contributed by atoms with van der Waals surface area (Å²) in [5.74, 6) is 0. The fourth-order valence-electron chi connectivity index (χ4n) is 3.10. The van der Waals surface area contributed by atoms with Gasteiger partial charge >= 0.3 is 0 Å². The molecule has 140 valence electrons. The number of aryl methyl sites for hydroxylation is 2. The van der Waals surface area contributed by atoms with Gasteiger partial charge < -0.3 is 0 Å². The van der Waals surface area contributed by atoms with Crippen molar-refractivity contribution in [3.8, 4) is 16.9 Å². The molecule has 0 aliphatic heterocycles. The van der Waals surface area contributed by atoms with E-state index in [2.05, 4.69) is 60.2 Å². The second kappa shape index (κ2) is 7.96. The molecular weight excluding hydrogens is 407 g/mol. The Balaban J connectivity index is 1.99. The van der Waals surface area contributed by atoms with Gasteiger partial charge in [-0.25, -0.2) is 4.99 Å². The van der Waals surface area contributed by atoms with Gasteiger partial charge in [0.2, 0.25) is 0 Å². The van der Waals surface area contributed by atoms with Crippen molar-refractivity contribution in [2.24, 2.45) is 4.99 Å². The Morgan fingerprint density at radius 3 is 2.32 bits per heavy atom. The van der Waals surface area contributed by atoms with Crippen molar-refractivity contribution in [1.82, 2.24) is 4.57 Å². The first kappa shape index (κ1) is 19.0. The van der Waals surface area contributed by atoms with Crippen molar-refractivity contribution in [3.05, 3.63) is 98.1 Å². The fourth-order valence-corrected chi connectivity index (χ4v) is 4.52. The molecule has 2 nitrogen and oxygen atoms in total. The first-order valence-corrected chi connectivity index (χ1v) is 10.5. The number of hydrogen-bond acceptors (Lipinski definition) is 2. The molecule has 0 saturated heterocycles. The van der Waals surface area contributed by atoms with E-state index in [1.54, 1.807) is 17.4 Å². The van der Waals surface area contributed by atoms with Gasteiger partial charge in [-0.1, -0.05) is 47.5 Å². The molecule has 0 saturated carbocycles. The van der Waals surface area contributed by atoms with Crippen LogP contribution in [0.1, 0.15) is 11.1 Å². The molecule has 0 aliphatic rings. The van der Waals surface area contributed by atoms with Crippen LogP contribution in [0, 0.1) is 13.8 Å². The van der Waals surface area contributed by atoms with Crippen molar-refractivity contribution in [1.29, 1.82) is 0 Å². The molecule has 0 N–H and O–H groups in total. The summed E-state index contributed by atoms with van der Waals surface area (Å²) in [7, 11) is 0. The zero-order chi connectivity index (χ0) is 19.7. The van der Waals surface area contributed by atoms with Gasteiger partial charge in [0.15, 0.2) is 4.80 Å². The van der Waals surface area contributed by atoms with E-state index in [0.717, 1.165) is 27.4 Å². The topological polar surface area (TPSA) is 17.3 Å². The van der Waals surface area contributed by atoms with Crippen LogP contribution in [0.3, 0.4) is 0 Å². The lowest BCUT2D eigenvalue weighted by Crippen LogP contribution is -2.14. The van der Waals surface area contributed by atoms with Crippen molar-refractivity contribution >= 4 is 40.2 Å². The predicted octanol–water partition coefficient (Wildman–Crippen LogP) is 7.36. The zero-order valence-electron chi connectivity index (χ0n) is 15.5. The van der Waals surface area contributed by atoms with Crippen molar-refractivity contribution < 1.29 is 0 Å². The molecule has 1 heterocycles. The van der Waals surface area contributed by atoms with Gasteiger partial charge in [0, 0.05) is 21.7 Å². The minimum Gasteiger partial charge on any atom is -0.285 e. The van der Waals surface area contributed by atoms with E-state index in [0.29, 0.717) is 10.0 Å². The van der Waals surface area contributed by atoms with Crippen LogP contribution in [-0.4, -0.2) is 4.57 Å². The number of benzene rings is 3. The number of halogens is 2. The number of nitrogens with zero attached hydrogens (tertiary/aromatic N) is 2. The Morgan fingerprint density at radius 1 is 0.857 bits per heavy atom. The molecular formula is C23H18Cl2N2S. The van der Waals surface area contributed by atoms with E-state index in [1.807, 2.05) is 24.3 Å². The molecule has 3 aromatic carbocycles. The maximum absolute atomic E-state index is 6.52. The summed E-state index contributed by atoms with van der Waals surface area (Å²) in [6.45, 7) is 4.16. The van der Waals surface area contributed by atoms with Crippen molar-refractivity contribution in [3.63, 3.8) is 0 Å². The lowest BCUT2D eigenvalue weighted by Gasteiger charge is -2.11. The predicted molar refractivity (Wildman–Crippen MR) is 120 cm³/mol. The van der Waals surface area contributed by atoms with Gasteiger partial charge in [-0.2, -0.15) is 0 Å². The number of thiazole rings is 1. The first-order valence-electron chi connectivity index (χ1n) is 8.86. The van der Waals surface area contributed by atoms with Crippen LogP contribution in [0.15, 0.2) is 77.1 Å². The molecule has 0 spiro atoms. The summed E-state index contributed by atoms with van der Waals surface area (Å²) in [5, 5.41) is 3.33. The monoisotopic (exact) mass is 424 g/mol. The summed E-state index contributed by atoms with van der Waals surface area (Å²) in [6.07, 6.45) is 0. The van der Waals surface area contributed by atoms with Crippen LogP contribution in [0.4, 0.5) is 5.69 Å². The normalized spacial score (nSPS) is 11.8. The fraction of sp³-hybridized carbons (Fsp3) is 0.0870. The summed E-state index contributed by atoms with van der Waals surface area (Å²) < 4.78 is 2.15. The first-order chi connectivity index (χ1) is 13.5. The molecule has 0 unspecified atom stereocenters. The van der Waals surface area contributed by atoms with E-state index in [9.17, 15) is 0 Å². The standard InChI is InChI=1S/C23H18Cl2N2S/c1-15-5-3-7-18(11-15)26-23-27(19-8-4-6-16(2)12-19)22(14-28-23)20-10-9-17(24)13-21(20)25/h3-14H,1-2H3. The van der Waals surface area contributed by atoms with Crippen LogP contribution in [0.2, 0.25) is 10.0 Å². The molecule has 0 aliphatic carbocycles. The Kier molecular flexibility index (Phi) is 5.40. The minimum atomic E-state index is 0.619. The van der Waals surface area contributed by atoms with Gasteiger partial charge in [-0.3, -0.25) is 4.57 Å².